The highest BCUT2D eigenvalue weighted by Crippen LogP contribution is 2.43. The number of hydrazone groups is 1. The number of hydrogen-bond donors (Lipinski definition) is 1. The Labute approximate surface area is 186 Å². The van der Waals surface area contributed by atoms with Gasteiger partial charge < -0.3 is 19.6 Å². The maximum atomic E-state index is 14.0. The number of carbonyl (C=O) groups excluding carboxylic acids is 1. The van der Waals surface area contributed by atoms with Crippen LogP contribution in [-0.2, 0) is 0 Å². The van der Waals surface area contributed by atoms with Gasteiger partial charge in [0.25, 0.3) is 0 Å². The number of amides is 2. The van der Waals surface area contributed by atoms with Crippen molar-refractivity contribution in [3.63, 3.8) is 0 Å². The van der Waals surface area contributed by atoms with E-state index in [0.29, 0.717) is 23.6 Å². The molecule has 0 saturated carbocycles. The van der Waals surface area contributed by atoms with Crippen molar-refractivity contribution in [1.29, 1.82) is 0 Å². The van der Waals surface area contributed by atoms with Crippen LogP contribution in [-0.4, -0.2) is 71.5 Å². The minimum absolute atomic E-state index is 0.121. The lowest BCUT2D eigenvalue weighted by Gasteiger charge is -2.37. The Kier molecular flexibility index (Phi) is 5.25. The van der Waals surface area contributed by atoms with Crippen LogP contribution in [0.25, 0.3) is 0 Å². The SMILES string of the molecule is CN1CCC(N(C)C(=O)N2N=C3c4cc(F)ccc4OC[C@@H]3[C@H]2c2cccc(O)c2)CC1. The summed E-state index contributed by atoms with van der Waals surface area (Å²) in [5, 5.41) is 16.3. The molecule has 3 aliphatic rings. The first-order valence-electron chi connectivity index (χ1n) is 11.0. The molecule has 2 amide bonds. The second-order valence-corrected chi connectivity index (χ2v) is 8.86. The molecule has 7 nitrogen and oxygen atoms in total. The van der Waals surface area contributed by atoms with Crippen molar-refractivity contribution in [3.8, 4) is 11.5 Å². The zero-order chi connectivity index (χ0) is 22.4. The highest BCUT2D eigenvalue weighted by atomic mass is 19.1. The second kappa shape index (κ2) is 8.09. The Bertz CT molecular complexity index is 1070. The number of ether oxygens (including phenoxy) is 1. The second-order valence-electron chi connectivity index (χ2n) is 8.86. The van der Waals surface area contributed by atoms with Crippen molar-refractivity contribution in [1.82, 2.24) is 14.8 Å². The smallest absolute Gasteiger partial charge is 0.341 e. The maximum absolute atomic E-state index is 14.0. The minimum Gasteiger partial charge on any atom is -0.508 e. The van der Waals surface area contributed by atoms with Crippen molar-refractivity contribution in [2.24, 2.45) is 11.0 Å². The van der Waals surface area contributed by atoms with Gasteiger partial charge in [-0.25, -0.2) is 14.2 Å². The van der Waals surface area contributed by atoms with E-state index < -0.39 is 6.04 Å². The molecule has 0 spiro atoms. The van der Waals surface area contributed by atoms with Gasteiger partial charge in [0.05, 0.1) is 24.3 Å². The molecular formula is C24H27FN4O3. The largest absolute Gasteiger partial charge is 0.508 e. The highest BCUT2D eigenvalue weighted by Gasteiger charge is 2.46. The number of likely N-dealkylation sites (tertiary alicyclic amines) is 1. The number of rotatable bonds is 2. The number of fused-ring (bicyclic) bond motifs is 3. The van der Waals surface area contributed by atoms with E-state index in [0.717, 1.165) is 31.5 Å². The molecule has 1 N–H and O–H groups in total. The number of hydrogen-bond acceptors (Lipinski definition) is 5. The van der Waals surface area contributed by atoms with E-state index in [4.69, 9.17) is 9.84 Å². The first kappa shape index (κ1) is 20.8. The molecule has 32 heavy (non-hydrogen) atoms. The fourth-order valence-electron chi connectivity index (χ4n) is 4.95. The van der Waals surface area contributed by atoms with E-state index in [9.17, 15) is 14.3 Å². The van der Waals surface area contributed by atoms with Crippen molar-refractivity contribution >= 4 is 11.7 Å². The Morgan fingerprint density at radius 2 is 2.00 bits per heavy atom. The molecule has 3 aliphatic heterocycles. The molecule has 0 bridgehead atoms. The minimum atomic E-state index is -0.449. The van der Waals surface area contributed by atoms with Crippen LogP contribution < -0.4 is 4.74 Å². The van der Waals surface area contributed by atoms with E-state index in [1.54, 1.807) is 29.2 Å². The number of piperidine rings is 1. The van der Waals surface area contributed by atoms with Crippen LogP contribution in [0.2, 0.25) is 0 Å². The number of carbonyl (C=O) groups is 1. The summed E-state index contributed by atoms with van der Waals surface area (Å²) >= 11 is 0. The van der Waals surface area contributed by atoms with Gasteiger partial charge in [0.15, 0.2) is 0 Å². The van der Waals surface area contributed by atoms with Crippen LogP contribution in [0.15, 0.2) is 47.6 Å². The monoisotopic (exact) mass is 438 g/mol. The summed E-state index contributed by atoms with van der Waals surface area (Å²) in [6, 6.07) is 10.7. The molecule has 2 aromatic rings. The number of urea groups is 1. The van der Waals surface area contributed by atoms with Crippen molar-refractivity contribution in [3.05, 3.63) is 59.4 Å². The molecule has 5 rings (SSSR count). The van der Waals surface area contributed by atoms with Crippen LogP contribution >= 0.6 is 0 Å². The Hall–Kier alpha value is -3.13. The summed E-state index contributed by atoms with van der Waals surface area (Å²) in [5.74, 6) is 0.0444. The van der Waals surface area contributed by atoms with Crippen molar-refractivity contribution < 1.29 is 19.0 Å². The van der Waals surface area contributed by atoms with E-state index in [1.807, 2.05) is 13.1 Å². The van der Waals surface area contributed by atoms with Crippen molar-refractivity contribution in [2.45, 2.75) is 24.9 Å². The Morgan fingerprint density at radius 1 is 1.22 bits per heavy atom. The van der Waals surface area contributed by atoms with Gasteiger partial charge in [-0.3, -0.25) is 0 Å². The zero-order valence-corrected chi connectivity index (χ0v) is 18.2. The summed E-state index contributed by atoms with van der Waals surface area (Å²) in [7, 11) is 3.91. The van der Waals surface area contributed by atoms with Gasteiger partial charge in [0.2, 0.25) is 0 Å². The average molecular weight is 439 g/mol. The van der Waals surface area contributed by atoms with Crippen molar-refractivity contribution in [2.75, 3.05) is 33.8 Å². The van der Waals surface area contributed by atoms with Crippen LogP contribution in [0.3, 0.4) is 0 Å². The van der Waals surface area contributed by atoms with Gasteiger partial charge in [-0.05, 0) is 68.9 Å². The van der Waals surface area contributed by atoms with Gasteiger partial charge in [0, 0.05) is 18.7 Å². The Balaban J connectivity index is 1.53. The first-order valence-corrected chi connectivity index (χ1v) is 11.0. The van der Waals surface area contributed by atoms with E-state index in [2.05, 4.69) is 11.9 Å². The average Bonchev–Trinajstić information content (AvgIpc) is 3.19. The van der Waals surface area contributed by atoms with Crippen LogP contribution in [0.5, 0.6) is 11.5 Å². The van der Waals surface area contributed by atoms with Crippen LogP contribution in [0.4, 0.5) is 9.18 Å². The van der Waals surface area contributed by atoms with E-state index >= 15 is 0 Å². The molecule has 0 aromatic heterocycles. The lowest BCUT2D eigenvalue weighted by Crippen LogP contribution is -2.49. The fraction of sp³-hybridized carbons (Fsp3) is 0.417. The third-order valence-electron chi connectivity index (χ3n) is 6.79. The number of phenolic OH excluding ortho intramolecular Hbond substituents is 1. The number of halogens is 1. The van der Waals surface area contributed by atoms with E-state index in [1.165, 1.54) is 17.1 Å². The predicted molar refractivity (Wildman–Crippen MR) is 118 cm³/mol. The number of phenols is 1. The molecule has 0 unspecified atom stereocenters. The predicted octanol–water partition coefficient (Wildman–Crippen LogP) is 3.45. The zero-order valence-electron chi connectivity index (χ0n) is 18.2. The summed E-state index contributed by atoms with van der Waals surface area (Å²) in [5.41, 5.74) is 1.98. The van der Waals surface area contributed by atoms with Gasteiger partial charge >= 0.3 is 6.03 Å². The normalized spacial score (nSPS) is 23.2. The van der Waals surface area contributed by atoms with Crippen LogP contribution in [0, 0.1) is 11.7 Å². The van der Waals surface area contributed by atoms with Gasteiger partial charge in [-0.15, -0.1) is 0 Å². The summed E-state index contributed by atoms with van der Waals surface area (Å²) in [6.45, 7) is 2.20. The molecule has 1 fully saturated rings. The summed E-state index contributed by atoms with van der Waals surface area (Å²) in [4.78, 5) is 17.7. The third-order valence-corrected chi connectivity index (χ3v) is 6.79. The molecule has 8 heteroatoms. The lowest BCUT2D eigenvalue weighted by atomic mass is 9.86. The summed E-state index contributed by atoms with van der Waals surface area (Å²) < 4.78 is 20.0. The fourth-order valence-corrected chi connectivity index (χ4v) is 4.95. The quantitative estimate of drug-likeness (QED) is 0.780. The Morgan fingerprint density at radius 3 is 2.75 bits per heavy atom. The maximum Gasteiger partial charge on any atom is 0.341 e. The standard InChI is InChI=1S/C24H27FN4O3/c1-27-10-8-17(9-11-27)28(2)24(31)29-23(15-4-3-5-18(30)12-15)20-14-32-21-7-6-16(25)13-19(21)22(20)26-29/h3-7,12-13,17,20,23,30H,8-11,14H2,1-2H3/t20-,23+/m0/s1. The van der Waals surface area contributed by atoms with E-state index in [-0.39, 0.29) is 29.6 Å². The number of aromatic hydroxyl groups is 1. The highest BCUT2D eigenvalue weighted by molar-refractivity contribution is 6.07. The molecule has 0 aliphatic carbocycles. The molecular weight excluding hydrogens is 411 g/mol. The number of nitrogens with zero attached hydrogens (tertiary/aromatic N) is 4. The molecule has 2 aromatic carbocycles. The molecule has 3 heterocycles. The molecule has 1 saturated heterocycles. The van der Waals surface area contributed by atoms with Crippen LogP contribution in [0.1, 0.15) is 30.0 Å². The van der Waals surface area contributed by atoms with Gasteiger partial charge in [0.1, 0.15) is 17.3 Å². The molecule has 0 radical (unpaired) electrons. The lowest BCUT2D eigenvalue weighted by molar-refractivity contribution is 0.102. The molecule has 168 valence electrons. The number of benzene rings is 2. The van der Waals surface area contributed by atoms with Gasteiger partial charge in [-0.1, -0.05) is 12.1 Å². The topological polar surface area (TPSA) is 68.6 Å². The third kappa shape index (κ3) is 3.58. The summed E-state index contributed by atoms with van der Waals surface area (Å²) in [6.07, 6.45) is 1.81. The first-order chi connectivity index (χ1) is 15.4. The van der Waals surface area contributed by atoms with Gasteiger partial charge in [-0.2, -0.15) is 5.10 Å². The molecule has 2 atom stereocenters.